The largest absolute Gasteiger partial charge is 0.382 e. The second kappa shape index (κ2) is 2.94. The molecule has 1 aromatic heterocycles. The van der Waals surface area contributed by atoms with Crippen molar-refractivity contribution in [3.63, 3.8) is 0 Å². The van der Waals surface area contributed by atoms with E-state index in [1.165, 1.54) is 0 Å². The molecule has 0 radical (unpaired) electrons. The van der Waals surface area contributed by atoms with Crippen molar-refractivity contribution in [1.29, 1.82) is 0 Å². The summed E-state index contributed by atoms with van der Waals surface area (Å²) >= 11 is 0. The Balaban J connectivity index is 3.11. The molecule has 1 rings (SSSR count). The summed E-state index contributed by atoms with van der Waals surface area (Å²) in [6, 6.07) is 0. The van der Waals surface area contributed by atoms with E-state index in [0.29, 0.717) is 5.82 Å². The lowest BCUT2D eigenvalue weighted by Gasteiger charge is -2.16. The fraction of sp³-hybridized carbons (Fsp3) is 0.667. The number of hydrogen-bond acceptors (Lipinski definition) is 3. The number of rotatable bonds is 1. The molecule has 4 heteroatoms. The summed E-state index contributed by atoms with van der Waals surface area (Å²) in [5, 5.41) is 6.08. The van der Waals surface area contributed by atoms with Crippen molar-refractivity contribution in [1.82, 2.24) is 9.89 Å². The van der Waals surface area contributed by atoms with Crippen LogP contribution in [0.1, 0.15) is 26.3 Å². The summed E-state index contributed by atoms with van der Waals surface area (Å²) in [4.78, 5) is 1.75. The molecule has 0 saturated carbocycles. The van der Waals surface area contributed by atoms with Gasteiger partial charge in [0, 0.05) is 19.7 Å². The molecule has 0 aliphatic rings. The minimum atomic E-state index is 0.0539. The molecule has 74 valence electrons. The maximum Gasteiger partial charge on any atom is 0.151 e. The molecule has 0 amide bonds. The predicted molar refractivity (Wildman–Crippen MR) is 55.4 cm³/mol. The molecule has 0 atom stereocenters. The maximum atomic E-state index is 5.81. The summed E-state index contributed by atoms with van der Waals surface area (Å²) in [6.45, 7) is 6.38. The smallest absolute Gasteiger partial charge is 0.151 e. The molecule has 13 heavy (non-hydrogen) atoms. The molecule has 0 unspecified atom stereocenters. The lowest BCUT2D eigenvalue weighted by Crippen LogP contribution is -2.25. The Morgan fingerprint density at radius 2 is 1.92 bits per heavy atom. The first kappa shape index (κ1) is 9.89. The lowest BCUT2D eigenvalue weighted by molar-refractivity contribution is 0.586. The molecular weight excluding hydrogens is 164 g/mol. The zero-order valence-corrected chi connectivity index (χ0v) is 9.00. The third-order valence-corrected chi connectivity index (χ3v) is 1.95. The first-order valence-electron chi connectivity index (χ1n) is 4.35. The SMILES string of the molecule is CN(C)n1cc(C(C)(C)C)c(N)n1. The van der Waals surface area contributed by atoms with Gasteiger partial charge in [0.25, 0.3) is 0 Å². The van der Waals surface area contributed by atoms with Gasteiger partial charge in [0.05, 0.1) is 6.20 Å². The Hall–Kier alpha value is -1.19. The molecule has 1 aromatic rings. The highest BCUT2D eigenvalue weighted by Crippen LogP contribution is 2.26. The van der Waals surface area contributed by atoms with Gasteiger partial charge in [-0.2, -0.15) is 4.79 Å². The molecule has 0 fully saturated rings. The van der Waals surface area contributed by atoms with E-state index >= 15 is 0 Å². The Morgan fingerprint density at radius 3 is 2.15 bits per heavy atom. The minimum absolute atomic E-state index is 0.0539. The van der Waals surface area contributed by atoms with Gasteiger partial charge in [-0.15, -0.1) is 5.10 Å². The minimum Gasteiger partial charge on any atom is -0.382 e. The Morgan fingerprint density at radius 1 is 1.38 bits per heavy atom. The van der Waals surface area contributed by atoms with Crippen molar-refractivity contribution in [2.75, 3.05) is 24.8 Å². The fourth-order valence-electron chi connectivity index (χ4n) is 1.16. The average molecular weight is 182 g/mol. The van der Waals surface area contributed by atoms with E-state index in [4.69, 9.17) is 5.73 Å². The molecule has 0 spiro atoms. The third-order valence-electron chi connectivity index (χ3n) is 1.95. The van der Waals surface area contributed by atoms with Gasteiger partial charge in [-0.1, -0.05) is 20.8 Å². The van der Waals surface area contributed by atoms with Gasteiger partial charge >= 0.3 is 0 Å². The molecule has 0 aliphatic carbocycles. The van der Waals surface area contributed by atoms with Crippen LogP contribution < -0.4 is 10.7 Å². The van der Waals surface area contributed by atoms with Gasteiger partial charge < -0.3 is 10.7 Å². The molecule has 1 heterocycles. The van der Waals surface area contributed by atoms with Gasteiger partial charge in [0.2, 0.25) is 0 Å². The molecule has 0 aromatic carbocycles. The number of nitrogens with two attached hydrogens (primary N) is 1. The zero-order valence-electron chi connectivity index (χ0n) is 9.00. The summed E-state index contributed by atoms with van der Waals surface area (Å²) in [7, 11) is 3.86. The van der Waals surface area contributed by atoms with Crippen molar-refractivity contribution in [3.05, 3.63) is 11.8 Å². The van der Waals surface area contributed by atoms with Gasteiger partial charge in [-0.25, -0.2) is 0 Å². The van der Waals surface area contributed by atoms with Gasteiger partial charge in [-0.05, 0) is 5.41 Å². The zero-order chi connectivity index (χ0) is 10.2. The summed E-state index contributed by atoms with van der Waals surface area (Å²) < 4.78 is 0. The van der Waals surface area contributed by atoms with Crippen molar-refractivity contribution in [2.24, 2.45) is 0 Å². The van der Waals surface area contributed by atoms with Crippen LogP contribution >= 0.6 is 0 Å². The highest BCUT2D eigenvalue weighted by molar-refractivity contribution is 5.42. The van der Waals surface area contributed by atoms with E-state index in [1.54, 1.807) is 4.79 Å². The van der Waals surface area contributed by atoms with E-state index in [9.17, 15) is 0 Å². The molecule has 4 nitrogen and oxygen atoms in total. The second-order valence-corrected chi connectivity index (χ2v) is 4.45. The quantitative estimate of drug-likeness (QED) is 0.703. The number of aromatic nitrogens is 2. The van der Waals surface area contributed by atoms with Gasteiger partial charge in [0.1, 0.15) is 0 Å². The van der Waals surface area contributed by atoms with Crippen LogP contribution in [0.15, 0.2) is 6.20 Å². The van der Waals surface area contributed by atoms with E-state index in [-0.39, 0.29) is 5.41 Å². The predicted octanol–water partition coefficient (Wildman–Crippen LogP) is 0.960. The fourth-order valence-corrected chi connectivity index (χ4v) is 1.16. The van der Waals surface area contributed by atoms with Crippen LogP contribution in [0.2, 0.25) is 0 Å². The second-order valence-electron chi connectivity index (χ2n) is 4.45. The Kier molecular flexibility index (Phi) is 2.24. The van der Waals surface area contributed by atoms with E-state index in [0.717, 1.165) is 5.56 Å². The highest BCUT2D eigenvalue weighted by atomic mass is 15.6. The van der Waals surface area contributed by atoms with Crippen LogP contribution in [-0.2, 0) is 5.41 Å². The Labute approximate surface area is 79.3 Å². The number of anilines is 1. The van der Waals surface area contributed by atoms with Crippen molar-refractivity contribution in [3.8, 4) is 0 Å². The first-order chi connectivity index (χ1) is 5.82. The molecule has 0 saturated heterocycles. The van der Waals surface area contributed by atoms with Crippen LogP contribution in [0, 0.1) is 0 Å². The Bertz CT molecular complexity index is 293. The third kappa shape index (κ3) is 1.94. The van der Waals surface area contributed by atoms with E-state index in [1.807, 2.05) is 25.3 Å². The maximum absolute atomic E-state index is 5.81. The molecule has 0 bridgehead atoms. The van der Waals surface area contributed by atoms with E-state index < -0.39 is 0 Å². The first-order valence-corrected chi connectivity index (χ1v) is 4.35. The van der Waals surface area contributed by atoms with Crippen LogP contribution in [0.3, 0.4) is 0 Å². The topological polar surface area (TPSA) is 47.1 Å². The highest BCUT2D eigenvalue weighted by Gasteiger charge is 2.20. The lowest BCUT2D eigenvalue weighted by atomic mass is 9.89. The average Bonchev–Trinajstić information content (AvgIpc) is 2.29. The monoisotopic (exact) mass is 182 g/mol. The van der Waals surface area contributed by atoms with Crippen molar-refractivity contribution < 1.29 is 0 Å². The van der Waals surface area contributed by atoms with Gasteiger partial charge in [-0.3, -0.25) is 0 Å². The summed E-state index contributed by atoms with van der Waals surface area (Å²) in [5.74, 6) is 0.612. The standard InChI is InChI=1S/C9H18N4/c1-9(2,3)7-6-13(12(4)5)11-8(7)10/h6H,1-5H3,(H2,10,11). The molecule has 2 N–H and O–H groups in total. The number of nitrogens with zero attached hydrogens (tertiary/aromatic N) is 3. The van der Waals surface area contributed by atoms with Crippen molar-refractivity contribution in [2.45, 2.75) is 26.2 Å². The molecular formula is C9H18N4. The number of nitrogen functional groups attached to an aromatic ring is 1. The van der Waals surface area contributed by atoms with Gasteiger partial charge in [0.15, 0.2) is 5.82 Å². The van der Waals surface area contributed by atoms with Crippen LogP contribution in [0.5, 0.6) is 0 Å². The van der Waals surface area contributed by atoms with Crippen LogP contribution in [0.25, 0.3) is 0 Å². The van der Waals surface area contributed by atoms with Crippen LogP contribution in [-0.4, -0.2) is 24.0 Å². The van der Waals surface area contributed by atoms with Crippen LogP contribution in [0.4, 0.5) is 5.82 Å². The van der Waals surface area contributed by atoms with E-state index in [2.05, 4.69) is 25.9 Å². The normalized spacial score (nSPS) is 11.8. The molecule has 0 aliphatic heterocycles. The number of hydrogen-bond donors (Lipinski definition) is 1. The van der Waals surface area contributed by atoms with Crippen molar-refractivity contribution >= 4 is 5.82 Å². The summed E-state index contributed by atoms with van der Waals surface area (Å²) in [6.07, 6.45) is 1.97. The summed E-state index contributed by atoms with van der Waals surface area (Å²) in [5.41, 5.74) is 6.95.